The Morgan fingerprint density at radius 2 is 2.15 bits per heavy atom. The molecule has 1 unspecified atom stereocenters. The third-order valence-electron chi connectivity index (χ3n) is 3.31. The van der Waals surface area contributed by atoms with Crippen molar-refractivity contribution in [1.29, 1.82) is 5.41 Å². The fourth-order valence-corrected chi connectivity index (χ4v) is 2.27. The lowest BCUT2D eigenvalue weighted by Gasteiger charge is -2.16. The van der Waals surface area contributed by atoms with E-state index in [2.05, 4.69) is 18.8 Å². The second-order valence-electron chi connectivity index (χ2n) is 5.14. The van der Waals surface area contributed by atoms with Crippen molar-refractivity contribution in [2.24, 2.45) is 11.7 Å². The zero-order chi connectivity index (χ0) is 14.5. The maximum atomic E-state index is 7.68. The van der Waals surface area contributed by atoms with Gasteiger partial charge in [-0.15, -0.1) is 0 Å². The van der Waals surface area contributed by atoms with Crippen LogP contribution in [0.2, 0.25) is 0 Å². The molecule has 0 spiro atoms. The van der Waals surface area contributed by atoms with Crippen molar-refractivity contribution in [3.8, 4) is 5.75 Å². The summed E-state index contributed by atoms with van der Waals surface area (Å²) >= 11 is 0. The van der Waals surface area contributed by atoms with E-state index in [9.17, 15) is 0 Å². The Kier molecular flexibility index (Phi) is 4.56. The van der Waals surface area contributed by atoms with Gasteiger partial charge in [-0.25, -0.2) is 0 Å². The number of nitrogens with two attached hydrogens (primary N) is 1. The number of benzene rings is 1. The Bertz CT molecular complexity index is 610. The van der Waals surface area contributed by atoms with Crippen LogP contribution in [0.3, 0.4) is 0 Å². The highest BCUT2D eigenvalue weighted by Crippen LogP contribution is 2.28. The molecule has 2 rings (SSSR count). The number of pyridine rings is 1. The number of amidine groups is 1. The second-order valence-corrected chi connectivity index (χ2v) is 5.14. The van der Waals surface area contributed by atoms with Gasteiger partial charge in [0.25, 0.3) is 0 Å². The number of hydrogen-bond acceptors (Lipinski definition) is 3. The summed E-state index contributed by atoms with van der Waals surface area (Å²) in [6.45, 7) is 4.96. The van der Waals surface area contributed by atoms with Crippen molar-refractivity contribution in [2.45, 2.75) is 26.7 Å². The van der Waals surface area contributed by atoms with Gasteiger partial charge in [0.2, 0.25) is 0 Å². The minimum absolute atomic E-state index is 0.0126. The van der Waals surface area contributed by atoms with Crippen LogP contribution in [0.1, 0.15) is 32.3 Å². The van der Waals surface area contributed by atoms with Crippen LogP contribution >= 0.6 is 0 Å². The molecule has 1 aromatic carbocycles. The molecule has 106 valence electrons. The highest BCUT2D eigenvalue weighted by atomic mass is 16.5. The van der Waals surface area contributed by atoms with Crippen LogP contribution in [-0.2, 0) is 0 Å². The van der Waals surface area contributed by atoms with Crippen molar-refractivity contribution in [2.75, 3.05) is 6.61 Å². The van der Waals surface area contributed by atoms with Gasteiger partial charge < -0.3 is 10.5 Å². The van der Waals surface area contributed by atoms with Crippen molar-refractivity contribution < 1.29 is 4.74 Å². The molecule has 0 radical (unpaired) electrons. The first-order valence-corrected chi connectivity index (χ1v) is 6.98. The number of para-hydroxylation sites is 1. The number of nitrogens with zero attached hydrogens (tertiary/aromatic N) is 1. The van der Waals surface area contributed by atoms with Gasteiger partial charge >= 0.3 is 0 Å². The van der Waals surface area contributed by atoms with E-state index in [4.69, 9.17) is 15.9 Å². The summed E-state index contributed by atoms with van der Waals surface area (Å²) in [6.07, 6.45) is 3.88. The molecule has 4 heteroatoms. The molecular weight excluding hydrogens is 250 g/mol. The Balaban J connectivity index is 2.37. The summed E-state index contributed by atoms with van der Waals surface area (Å²) in [5.74, 6) is 1.14. The van der Waals surface area contributed by atoms with Gasteiger partial charge in [-0.05, 0) is 24.5 Å². The highest BCUT2D eigenvalue weighted by Gasteiger charge is 2.13. The Morgan fingerprint density at radius 1 is 1.40 bits per heavy atom. The molecule has 0 aliphatic carbocycles. The number of nitrogens with one attached hydrogen (secondary N) is 1. The number of hydrogen-bond donors (Lipinski definition) is 2. The molecular formula is C16H21N3O. The topological polar surface area (TPSA) is 72.0 Å². The largest absolute Gasteiger partial charge is 0.492 e. The van der Waals surface area contributed by atoms with Gasteiger partial charge in [-0.2, -0.15) is 0 Å². The molecule has 0 saturated carbocycles. The zero-order valence-corrected chi connectivity index (χ0v) is 12.0. The first-order valence-electron chi connectivity index (χ1n) is 6.98. The van der Waals surface area contributed by atoms with Gasteiger partial charge in [0.05, 0.1) is 17.7 Å². The standard InChI is InChI=1S/C16H21N3O/c1-3-6-11(2)10-20-15-12-7-4-5-8-14(12)19-9-13(15)16(17)18/h4-5,7-9,11H,3,6,10H2,1-2H3,(H3,17,18). The Morgan fingerprint density at radius 3 is 2.85 bits per heavy atom. The van der Waals surface area contributed by atoms with E-state index in [0.29, 0.717) is 23.8 Å². The van der Waals surface area contributed by atoms with Crippen molar-refractivity contribution in [3.05, 3.63) is 36.0 Å². The SMILES string of the molecule is CCCC(C)COc1c(C(=N)N)cnc2ccccc12. The zero-order valence-electron chi connectivity index (χ0n) is 12.0. The van der Waals surface area contributed by atoms with E-state index in [0.717, 1.165) is 23.7 Å². The number of aromatic nitrogens is 1. The van der Waals surface area contributed by atoms with Crippen molar-refractivity contribution >= 4 is 16.7 Å². The summed E-state index contributed by atoms with van der Waals surface area (Å²) in [6, 6.07) is 7.76. The van der Waals surface area contributed by atoms with Crippen LogP contribution in [0.15, 0.2) is 30.5 Å². The molecule has 0 fully saturated rings. The fraction of sp³-hybridized carbons (Fsp3) is 0.375. The lowest BCUT2D eigenvalue weighted by atomic mass is 10.1. The quantitative estimate of drug-likeness (QED) is 0.625. The molecule has 1 atom stereocenters. The number of nitrogen functional groups attached to an aromatic ring is 1. The number of rotatable bonds is 6. The van der Waals surface area contributed by atoms with Crippen LogP contribution in [0, 0.1) is 11.3 Å². The fourth-order valence-electron chi connectivity index (χ4n) is 2.27. The summed E-state index contributed by atoms with van der Waals surface area (Å²) < 4.78 is 5.97. The monoisotopic (exact) mass is 271 g/mol. The molecule has 20 heavy (non-hydrogen) atoms. The number of fused-ring (bicyclic) bond motifs is 1. The van der Waals surface area contributed by atoms with Gasteiger partial charge in [-0.1, -0.05) is 32.4 Å². The third kappa shape index (κ3) is 3.07. The van der Waals surface area contributed by atoms with E-state index in [1.165, 1.54) is 0 Å². The molecule has 0 amide bonds. The summed E-state index contributed by atoms with van der Waals surface area (Å²) in [4.78, 5) is 4.33. The van der Waals surface area contributed by atoms with E-state index in [-0.39, 0.29) is 5.84 Å². The average molecular weight is 271 g/mol. The molecule has 0 aliphatic rings. The van der Waals surface area contributed by atoms with Gasteiger partial charge in [-0.3, -0.25) is 10.4 Å². The maximum Gasteiger partial charge on any atom is 0.141 e. The molecule has 0 bridgehead atoms. The van der Waals surface area contributed by atoms with E-state index in [1.807, 2.05) is 24.3 Å². The maximum absolute atomic E-state index is 7.68. The molecule has 4 nitrogen and oxygen atoms in total. The lowest BCUT2D eigenvalue weighted by molar-refractivity contribution is 0.253. The van der Waals surface area contributed by atoms with E-state index in [1.54, 1.807) is 6.20 Å². The third-order valence-corrected chi connectivity index (χ3v) is 3.31. The van der Waals surface area contributed by atoms with Crippen molar-refractivity contribution in [3.63, 3.8) is 0 Å². The second kappa shape index (κ2) is 6.37. The first-order chi connectivity index (χ1) is 9.63. The molecule has 1 heterocycles. The minimum Gasteiger partial charge on any atom is -0.492 e. The van der Waals surface area contributed by atoms with E-state index >= 15 is 0 Å². The predicted octanol–water partition coefficient (Wildman–Crippen LogP) is 3.33. The lowest BCUT2D eigenvalue weighted by Crippen LogP contribution is -2.16. The van der Waals surface area contributed by atoms with Crippen LogP contribution in [0.5, 0.6) is 5.75 Å². The smallest absolute Gasteiger partial charge is 0.141 e. The average Bonchev–Trinajstić information content (AvgIpc) is 2.44. The molecule has 2 aromatic rings. The normalized spacial score (nSPS) is 12.3. The molecule has 1 aromatic heterocycles. The number of ether oxygens (including phenoxy) is 1. The summed E-state index contributed by atoms with van der Waals surface area (Å²) in [7, 11) is 0. The molecule has 0 saturated heterocycles. The predicted molar refractivity (Wildman–Crippen MR) is 82.3 cm³/mol. The Labute approximate surface area is 119 Å². The van der Waals surface area contributed by atoms with Crippen LogP contribution in [0.25, 0.3) is 10.9 Å². The van der Waals surface area contributed by atoms with Gasteiger partial charge in [0.1, 0.15) is 11.6 Å². The van der Waals surface area contributed by atoms with E-state index < -0.39 is 0 Å². The summed E-state index contributed by atoms with van der Waals surface area (Å²) in [5.41, 5.74) is 7.05. The van der Waals surface area contributed by atoms with Crippen molar-refractivity contribution in [1.82, 2.24) is 4.98 Å². The van der Waals surface area contributed by atoms with Crippen LogP contribution < -0.4 is 10.5 Å². The summed E-state index contributed by atoms with van der Waals surface area (Å²) in [5, 5.41) is 8.58. The minimum atomic E-state index is -0.0126. The van der Waals surface area contributed by atoms with Gasteiger partial charge in [0.15, 0.2) is 0 Å². The van der Waals surface area contributed by atoms with Crippen LogP contribution in [0.4, 0.5) is 0 Å². The Hall–Kier alpha value is -2.10. The van der Waals surface area contributed by atoms with Crippen LogP contribution in [-0.4, -0.2) is 17.4 Å². The van der Waals surface area contributed by atoms with Gasteiger partial charge in [0, 0.05) is 11.6 Å². The molecule has 0 aliphatic heterocycles. The highest BCUT2D eigenvalue weighted by molar-refractivity contribution is 6.02. The molecule has 3 N–H and O–H groups in total. The first kappa shape index (κ1) is 14.3.